The van der Waals surface area contributed by atoms with Crippen LogP contribution in [0.2, 0.25) is 0 Å². The minimum Gasteiger partial charge on any atom is -0.323 e. The van der Waals surface area contributed by atoms with Gasteiger partial charge in [0.1, 0.15) is 0 Å². The van der Waals surface area contributed by atoms with Crippen molar-refractivity contribution in [1.29, 1.82) is 0 Å². The Kier molecular flexibility index (Phi) is 5.18. The first-order valence-electron chi connectivity index (χ1n) is 7.83. The topological polar surface area (TPSA) is 32.3 Å². The van der Waals surface area contributed by atoms with Crippen LogP contribution in [0.15, 0.2) is 30.3 Å². The lowest BCUT2D eigenvalue weighted by atomic mass is 10.1. The molecule has 2 rings (SSSR count). The van der Waals surface area contributed by atoms with Crippen molar-refractivity contribution in [3.8, 4) is 0 Å². The number of amides is 1. The molecule has 1 aromatic rings. The fourth-order valence-corrected chi connectivity index (χ4v) is 3.14. The van der Waals surface area contributed by atoms with Gasteiger partial charge in [-0.3, -0.25) is 10.1 Å². The summed E-state index contributed by atoms with van der Waals surface area (Å²) >= 11 is 0. The molecule has 1 saturated heterocycles. The lowest BCUT2D eigenvalue weighted by Crippen LogP contribution is -2.43. The largest absolute Gasteiger partial charge is 0.323 e. The van der Waals surface area contributed by atoms with E-state index in [1.54, 1.807) is 0 Å². The number of benzene rings is 1. The standard InChI is InChI=1S/C17H26N2O/c1-4-14(5-2)19-16(6-3)18-15(17(19)20)12-13-10-8-7-9-11-13/h7-11,14-16,18H,4-6,12H2,1-3H3. The summed E-state index contributed by atoms with van der Waals surface area (Å²) in [4.78, 5) is 14.8. The Balaban J connectivity index is 2.11. The average molecular weight is 274 g/mol. The van der Waals surface area contributed by atoms with Crippen LogP contribution in [0.5, 0.6) is 0 Å². The van der Waals surface area contributed by atoms with E-state index in [9.17, 15) is 4.79 Å². The van der Waals surface area contributed by atoms with Gasteiger partial charge in [0.05, 0.1) is 12.2 Å². The molecule has 0 radical (unpaired) electrons. The second-order valence-electron chi connectivity index (χ2n) is 5.55. The van der Waals surface area contributed by atoms with Crippen molar-refractivity contribution in [2.75, 3.05) is 0 Å². The van der Waals surface area contributed by atoms with Gasteiger partial charge in [-0.05, 0) is 31.2 Å². The quantitative estimate of drug-likeness (QED) is 0.865. The predicted octanol–water partition coefficient (Wildman–Crippen LogP) is 2.95. The summed E-state index contributed by atoms with van der Waals surface area (Å²) in [5.41, 5.74) is 1.22. The fraction of sp³-hybridized carbons (Fsp3) is 0.588. The van der Waals surface area contributed by atoms with Crippen LogP contribution in [0.1, 0.15) is 45.6 Å². The van der Waals surface area contributed by atoms with Crippen molar-refractivity contribution in [3.05, 3.63) is 35.9 Å². The summed E-state index contributed by atoms with van der Waals surface area (Å²) in [6.07, 6.45) is 4.00. The molecule has 1 aromatic carbocycles. The lowest BCUT2D eigenvalue weighted by molar-refractivity contribution is -0.132. The molecule has 1 aliphatic rings. The van der Waals surface area contributed by atoms with Crippen molar-refractivity contribution in [1.82, 2.24) is 10.2 Å². The number of carbonyl (C=O) groups is 1. The van der Waals surface area contributed by atoms with Crippen LogP contribution < -0.4 is 5.32 Å². The maximum absolute atomic E-state index is 12.7. The first-order chi connectivity index (χ1) is 9.71. The van der Waals surface area contributed by atoms with Gasteiger partial charge in [-0.2, -0.15) is 0 Å². The van der Waals surface area contributed by atoms with E-state index < -0.39 is 0 Å². The van der Waals surface area contributed by atoms with Crippen LogP contribution in [-0.2, 0) is 11.2 Å². The maximum Gasteiger partial charge on any atom is 0.241 e. The summed E-state index contributed by atoms with van der Waals surface area (Å²) in [5.74, 6) is 0.273. The molecule has 1 aliphatic heterocycles. The van der Waals surface area contributed by atoms with Crippen molar-refractivity contribution in [3.63, 3.8) is 0 Å². The van der Waals surface area contributed by atoms with Gasteiger partial charge < -0.3 is 4.90 Å². The van der Waals surface area contributed by atoms with Crippen LogP contribution in [0.4, 0.5) is 0 Å². The Morgan fingerprint density at radius 3 is 2.35 bits per heavy atom. The fourth-order valence-electron chi connectivity index (χ4n) is 3.14. The van der Waals surface area contributed by atoms with Gasteiger partial charge in [-0.15, -0.1) is 0 Å². The van der Waals surface area contributed by atoms with Gasteiger partial charge in [0.15, 0.2) is 0 Å². The number of hydrogen-bond acceptors (Lipinski definition) is 2. The second-order valence-corrected chi connectivity index (χ2v) is 5.55. The molecule has 0 aromatic heterocycles. The third-order valence-corrected chi connectivity index (χ3v) is 4.29. The summed E-state index contributed by atoms with van der Waals surface area (Å²) in [6, 6.07) is 10.6. The SMILES string of the molecule is CCC(CC)N1C(=O)C(Cc2ccccc2)NC1CC. The van der Waals surface area contributed by atoms with Crippen LogP contribution in [0, 0.1) is 0 Å². The third-order valence-electron chi connectivity index (χ3n) is 4.29. The molecule has 0 spiro atoms. The molecule has 110 valence electrons. The summed E-state index contributed by atoms with van der Waals surface area (Å²) in [5, 5.41) is 3.51. The van der Waals surface area contributed by atoms with Gasteiger partial charge in [0.2, 0.25) is 5.91 Å². The number of nitrogens with zero attached hydrogens (tertiary/aromatic N) is 1. The first kappa shape index (κ1) is 15.0. The molecule has 0 aliphatic carbocycles. The molecule has 0 bridgehead atoms. The number of nitrogens with one attached hydrogen (secondary N) is 1. The van der Waals surface area contributed by atoms with Crippen molar-refractivity contribution in [2.24, 2.45) is 0 Å². The Bertz CT molecular complexity index is 428. The highest BCUT2D eigenvalue weighted by molar-refractivity contribution is 5.85. The minimum absolute atomic E-state index is 0.0667. The molecule has 1 N–H and O–H groups in total. The third kappa shape index (κ3) is 3.04. The van der Waals surface area contributed by atoms with Crippen molar-refractivity contribution >= 4 is 5.91 Å². The second kappa shape index (κ2) is 6.89. The molecule has 1 fully saturated rings. The zero-order valence-electron chi connectivity index (χ0n) is 12.8. The number of rotatable bonds is 6. The van der Waals surface area contributed by atoms with E-state index in [0.29, 0.717) is 6.04 Å². The Morgan fingerprint density at radius 2 is 1.80 bits per heavy atom. The summed E-state index contributed by atoms with van der Waals surface area (Å²) in [6.45, 7) is 6.47. The van der Waals surface area contributed by atoms with Gasteiger partial charge in [0.25, 0.3) is 0 Å². The monoisotopic (exact) mass is 274 g/mol. The van der Waals surface area contributed by atoms with E-state index in [-0.39, 0.29) is 18.1 Å². The van der Waals surface area contributed by atoms with Crippen LogP contribution in [0.3, 0.4) is 0 Å². The molecule has 20 heavy (non-hydrogen) atoms. The predicted molar refractivity (Wildman–Crippen MR) is 82.4 cm³/mol. The molecule has 1 heterocycles. The Hall–Kier alpha value is -1.35. The molecular weight excluding hydrogens is 248 g/mol. The van der Waals surface area contributed by atoms with Gasteiger partial charge in [-0.1, -0.05) is 51.1 Å². The first-order valence-corrected chi connectivity index (χ1v) is 7.83. The highest BCUT2D eigenvalue weighted by atomic mass is 16.2. The zero-order valence-corrected chi connectivity index (χ0v) is 12.8. The number of hydrogen-bond donors (Lipinski definition) is 1. The van der Waals surface area contributed by atoms with E-state index >= 15 is 0 Å². The van der Waals surface area contributed by atoms with E-state index in [1.807, 2.05) is 18.2 Å². The van der Waals surface area contributed by atoms with Crippen LogP contribution in [0.25, 0.3) is 0 Å². The van der Waals surface area contributed by atoms with Gasteiger partial charge in [0, 0.05) is 6.04 Å². The van der Waals surface area contributed by atoms with Crippen LogP contribution in [-0.4, -0.2) is 29.1 Å². The van der Waals surface area contributed by atoms with Crippen molar-refractivity contribution in [2.45, 2.75) is 64.7 Å². The minimum atomic E-state index is -0.0667. The smallest absolute Gasteiger partial charge is 0.241 e. The lowest BCUT2D eigenvalue weighted by Gasteiger charge is -2.31. The summed E-state index contributed by atoms with van der Waals surface area (Å²) < 4.78 is 0. The van der Waals surface area contributed by atoms with E-state index in [4.69, 9.17) is 0 Å². The molecule has 2 atom stereocenters. The van der Waals surface area contributed by atoms with Crippen molar-refractivity contribution < 1.29 is 4.79 Å². The van der Waals surface area contributed by atoms with Gasteiger partial charge in [-0.25, -0.2) is 0 Å². The molecule has 3 heteroatoms. The molecule has 2 unspecified atom stereocenters. The van der Waals surface area contributed by atoms with Crippen LogP contribution >= 0.6 is 0 Å². The highest BCUT2D eigenvalue weighted by Crippen LogP contribution is 2.22. The summed E-state index contributed by atoms with van der Waals surface area (Å²) in [7, 11) is 0. The molecule has 0 saturated carbocycles. The van der Waals surface area contributed by atoms with E-state index in [1.165, 1.54) is 5.56 Å². The Labute approximate surface area is 122 Å². The maximum atomic E-state index is 12.7. The zero-order chi connectivity index (χ0) is 14.5. The molecular formula is C17H26N2O. The van der Waals surface area contributed by atoms with E-state index in [0.717, 1.165) is 25.7 Å². The van der Waals surface area contributed by atoms with Gasteiger partial charge >= 0.3 is 0 Å². The number of carbonyl (C=O) groups excluding carboxylic acids is 1. The molecule has 1 amide bonds. The highest BCUT2D eigenvalue weighted by Gasteiger charge is 2.40. The van der Waals surface area contributed by atoms with E-state index in [2.05, 4.69) is 43.1 Å². The Morgan fingerprint density at radius 1 is 1.15 bits per heavy atom. The molecule has 3 nitrogen and oxygen atoms in total. The normalized spacial score (nSPS) is 22.8. The average Bonchev–Trinajstić information content (AvgIpc) is 2.79.